The monoisotopic (exact) mass is 213 g/mol. The Bertz CT molecular complexity index is 376. The Labute approximate surface area is 88.0 Å². The molecule has 0 spiro atoms. The van der Waals surface area contributed by atoms with Crippen LogP contribution in [0.15, 0.2) is 0 Å². The van der Waals surface area contributed by atoms with Crippen molar-refractivity contribution in [2.45, 2.75) is 44.8 Å². The van der Waals surface area contributed by atoms with E-state index in [0.717, 1.165) is 12.8 Å². The summed E-state index contributed by atoms with van der Waals surface area (Å²) in [7, 11) is 0. The number of H-pyrrole nitrogens is 1. The third-order valence-corrected chi connectivity index (χ3v) is 3.38. The maximum Gasteiger partial charge on any atom is 0.195 e. The molecule has 0 amide bonds. The van der Waals surface area contributed by atoms with Crippen LogP contribution in [0.5, 0.6) is 0 Å². The number of aromatic amines is 1. The van der Waals surface area contributed by atoms with E-state index in [0.29, 0.717) is 10.6 Å². The van der Waals surface area contributed by atoms with Crippen molar-refractivity contribution in [1.82, 2.24) is 14.8 Å². The van der Waals surface area contributed by atoms with Gasteiger partial charge in [-0.2, -0.15) is 5.10 Å². The first-order valence-electron chi connectivity index (χ1n) is 4.95. The molecule has 1 aliphatic carbocycles. The summed E-state index contributed by atoms with van der Waals surface area (Å²) in [6, 6.07) is 0. The van der Waals surface area contributed by atoms with Crippen molar-refractivity contribution < 1.29 is 5.11 Å². The molecular formula is C9H15N3OS. The summed E-state index contributed by atoms with van der Waals surface area (Å²) >= 11 is 5.18. The molecule has 1 fully saturated rings. The van der Waals surface area contributed by atoms with E-state index in [1.54, 1.807) is 0 Å². The van der Waals surface area contributed by atoms with E-state index >= 15 is 0 Å². The van der Waals surface area contributed by atoms with Crippen molar-refractivity contribution >= 4 is 12.2 Å². The zero-order valence-electron chi connectivity index (χ0n) is 8.29. The van der Waals surface area contributed by atoms with Crippen LogP contribution in [0.3, 0.4) is 0 Å². The van der Waals surface area contributed by atoms with Gasteiger partial charge in [-0.15, -0.1) is 0 Å². The molecule has 1 saturated carbocycles. The lowest BCUT2D eigenvalue weighted by Crippen LogP contribution is -2.28. The number of aliphatic hydroxyl groups excluding tert-OH is 1. The Morgan fingerprint density at radius 2 is 2.21 bits per heavy atom. The van der Waals surface area contributed by atoms with Gasteiger partial charge in [-0.05, 0) is 32.0 Å². The van der Waals surface area contributed by atoms with Crippen molar-refractivity contribution in [1.29, 1.82) is 0 Å². The third kappa shape index (κ3) is 1.40. The normalized spacial score (nSPS) is 20.1. The lowest BCUT2D eigenvalue weighted by atomic mass is 10.0. The van der Waals surface area contributed by atoms with Crippen molar-refractivity contribution in [3.05, 3.63) is 10.6 Å². The molecule has 2 rings (SSSR count). The smallest absolute Gasteiger partial charge is 0.195 e. The maximum absolute atomic E-state index is 9.16. The van der Waals surface area contributed by atoms with E-state index in [1.807, 2.05) is 4.57 Å². The number of rotatable bonds is 2. The van der Waals surface area contributed by atoms with Crippen LogP contribution < -0.4 is 0 Å². The maximum atomic E-state index is 9.16. The van der Waals surface area contributed by atoms with Crippen molar-refractivity contribution in [3.8, 4) is 0 Å². The standard InChI is InChI=1S/C9H15N3OS/c1-9(4-2-3-5-9)12-7(6-13)10-11-8(12)14/h13H,2-6H2,1H3,(H,11,14). The lowest BCUT2D eigenvalue weighted by Gasteiger charge is -2.26. The highest BCUT2D eigenvalue weighted by molar-refractivity contribution is 7.71. The van der Waals surface area contributed by atoms with E-state index in [-0.39, 0.29) is 12.1 Å². The summed E-state index contributed by atoms with van der Waals surface area (Å²) in [6.45, 7) is 2.13. The van der Waals surface area contributed by atoms with Gasteiger partial charge in [0, 0.05) is 5.54 Å². The van der Waals surface area contributed by atoms with Gasteiger partial charge in [0.25, 0.3) is 0 Å². The molecule has 0 unspecified atom stereocenters. The molecule has 4 nitrogen and oxygen atoms in total. The predicted octanol–water partition coefficient (Wildman–Crippen LogP) is 1.72. The summed E-state index contributed by atoms with van der Waals surface area (Å²) in [5, 5.41) is 15.9. The topological polar surface area (TPSA) is 53.8 Å². The fourth-order valence-corrected chi connectivity index (χ4v) is 2.72. The van der Waals surface area contributed by atoms with Gasteiger partial charge in [0.05, 0.1) is 0 Å². The molecule has 14 heavy (non-hydrogen) atoms. The third-order valence-electron chi connectivity index (χ3n) is 3.10. The number of hydrogen-bond donors (Lipinski definition) is 2. The summed E-state index contributed by atoms with van der Waals surface area (Å²) in [4.78, 5) is 0. The molecule has 1 aromatic heterocycles. The van der Waals surface area contributed by atoms with E-state index in [1.165, 1.54) is 12.8 Å². The fourth-order valence-electron chi connectivity index (χ4n) is 2.35. The molecule has 5 heteroatoms. The van der Waals surface area contributed by atoms with Gasteiger partial charge in [-0.1, -0.05) is 12.8 Å². The molecule has 1 aromatic rings. The van der Waals surface area contributed by atoms with Gasteiger partial charge < -0.3 is 5.11 Å². The number of aliphatic hydroxyl groups is 1. The first kappa shape index (κ1) is 9.86. The average Bonchev–Trinajstić information content (AvgIpc) is 2.73. The molecule has 0 radical (unpaired) electrons. The zero-order valence-corrected chi connectivity index (χ0v) is 9.10. The number of aromatic nitrogens is 3. The van der Waals surface area contributed by atoms with Gasteiger partial charge in [0.1, 0.15) is 6.61 Å². The van der Waals surface area contributed by atoms with Crippen LogP contribution in [0.4, 0.5) is 0 Å². The molecule has 0 saturated heterocycles. The number of nitrogens with one attached hydrogen (secondary N) is 1. The highest BCUT2D eigenvalue weighted by atomic mass is 32.1. The van der Waals surface area contributed by atoms with Crippen LogP contribution in [-0.4, -0.2) is 19.9 Å². The van der Waals surface area contributed by atoms with Crippen LogP contribution in [0.25, 0.3) is 0 Å². The second-order valence-electron chi connectivity index (χ2n) is 4.14. The summed E-state index contributed by atoms with van der Waals surface area (Å²) in [6.07, 6.45) is 4.70. The van der Waals surface area contributed by atoms with Crippen LogP contribution in [0.1, 0.15) is 38.4 Å². The molecular weight excluding hydrogens is 198 g/mol. The number of nitrogens with zero attached hydrogens (tertiary/aromatic N) is 2. The SMILES string of the molecule is CC1(n2c(CO)n[nH]c2=S)CCCC1. The van der Waals surface area contributed by atoms with Crippen molar-refractivity contribution in [3.63, 3.8) is 0 Å². The quantitative estimate of drug-likeness (QED) is 0.735. The van der Waals surface area contributed by atoms with E-state index in [2.05, 4.69) is 17.1 Å². The summed E-state index contributed by atoms with van der Waals surface area (Å²) in [5.41, 5.74) is 0.0577. The second kappa shape index (κ2) is 3.47. The molecule has 1 aliphatic rings. The van der Waals surface area contributed by atoms with Gasteiger partial charge in [0.2, 0.25) is 0 Å². The largest absolute Gasteiger partial charge is 0.388 e. The summed E-state index contributed by atoms with van der Waals surface area (Å²) in [5.74, 6) is 0.652. The molecule has 78 valence electrons. The first-order chi connectivity index (χ1) is 6.67. The van der Waals surface area contributed by atoms with E-state index in [9.17, 15) is 0 Å². The molecule has 0 atom stereocenters. The predicted molar refractivity (Wildman–Crippen MR) is 55.5 cm³/mol. The molecule has 0 aromatic carbocycles. The average molecular weight is 213 g/mol. The van der Waals surface area contributed by atoms with Gasteiger partial charge in [-0.25, -0.2) is 0 Å². The molecule has 0 bridgehead atoms. The molecule has 0 aliphatic heterocycles. The minimum absolute atomic E-state index is 0.0528. The van der Waals surface area contributed by atoms with E-state index < -0.39 is 0 Å². The van der Waals surface area contributed by atoms with Crippen molar-refractivity contribution in [2.75, 3.05) is 0 Å². The van der Waals surface area contributed by atoms with Crippen LogP contribution in [-0.2, 0) is 12.1 Å². The molecule has 2 N–H and O–H groups in total. The zero-order chi connectivity index (χ0) is 10.2. The first-order valence-corrected chi connectivity index (χ1v) is 5.36. The Morgan fingerprint density at radius 1 is 1.57 bits per heavy atom. The minimum Gasteiger partial charge on any atom is -0.388 e. The minimum atomic E-state index is -0.0528. The highest BCUT2D eigenvalue weighted by Gasteiger charge is 2.33. The van der Waals surface area contributed by atoms with E-state index in [4.69, 9.17) is 17.3 Å². The Balaban J connectivity index is 2.48. The fraction of sp³-hybridized carbons (Fsp3) is 0.778. The van der Waals surface area contributed by atoms with Crippen LogP contribution in [0.2, 0.25) is 0 Å². The van der Waals surface area contributed by atoms with Gasteiger partial charge in [-0.3, -0.25) is 9.67 Å². The van der Waals surface area contributed by atoms with Gasteiger partial charge >= 0.3 is 0 Å². The summed E-state index contributed by atoms with van der Waals surface area (Å²) < 4.78 is 2.61. The Morgan fingerprint density at radius 3 is 2.79 bits per heavy atom. The second-order valence-corrected chi connectivity index (χ2v) is 4.53. The molecule has 1 heterocycles. The van der Waals surface area contributed by atoms with Gasteiger partial charge in [0.15, 0.2) is 10.6 Å². The van der Waals surface area contributed by atoms with Crippen molar-refractivity contribution in [2.24, 2.45) is 0 Å². The highest BCUT2D eigenvalue weighted by Crippen LogP contribution is 2.36. The van der Waals surface area contributed by atoms with Crippen LogP contribution >= 0.6 is 12.2 Å². The number of hydrogen-bond acceptors (Lipinski definition) is 3. The van der Waals surface area contributed by atoms with Crippen LogP contribution in [0, 0.1) is 4.77 Å². The lowest BCUT2D eigenvalue weighted by molar-refractivity contribution is 0.237. The Kier molecular flexibility index (Phi) is 2.45. The Hall–Kier alpha value is -0.680.